The number of amides is 1. The van der Waals surface area contributed by atoms with E-state index in [1.807, 2.05) is 0 Å². The normalized spacial score (nSPS) is 37.1. The van der Waals surface area contributed by atoms with Crippen molar-refractivity contribution in [2.75, 3.05) is 13.1 Å². The fourth-order valence-electron chi connectivity index (χ4n) is 6.38. The zero-order valence-corrected chi connectivity index (χ0v) is 17.1. The van der Waals surface area contributed by atoms with Crippen LogP contribution in [0.4, 0.5) is 0 Å². The highest BCUT2D eigenvalue weighted by molar-refractivity contribution is 7.07. The summed E-state index contributed by atoms with van der Waals surface area (Å²) < 4.78 is 0. The Balaban J connectivity index is 1.35. The molecule has 1 aromatic heterocycles. The van der Waals surface area contributed by atoms with Crippen molar-refractivity contribution in [2.24, 2.45) is 28.9 Å². The molecular formula is C22H33N3OS. The summed E-state index contributed by atoms with van der Waals surface area (Å²) in [5.41, 5.74) is 8.19. The Hall–Kier alpha value is -0.910. The van der Waals surface area contributed by atoms with Gasteiger partial charge >= 0.3 is 0 Å². The van der Waals surface area contributed by atoms with Crippen LogP contribution in [0.2, 0.25) is 0 Å². The molecule has 2 heterocycles. The Kier molecular flexibility index (Phi) is 4.81. The van der Waals surface area contributed by atoms with E-state index in [2.05, 4.69) is 27.0 Å². The summed E-state index contributed by atoms with van der Waals surface area (Å²) in [6, 6.07) is 2.99. The van der Waals surface area contributed by atoms with Gasteiger partial charge < -0.3 is 16.0 Å². The number of nitrogens with one attached hydrogen (secondary N) is 1. The lowest BCUT2D eigenvalue weighted by atomic mass is 9.65. The van der Waals surface area contributed by atoms with Crippen molar-refractivity contribution in [1.29, 1.82) is 0 Å². The molecule has 3 N–H and O–H groups in total. The molecule has 4 aliphatic rings. The van der Waals surface area contributed by atoms with Gasteiger partial charge in [0.05, 0.1) is 0 Å². The maximum Gasteiger partial charge on any atom is 0.226 e. The third kappa shape index (κ3) is 3.36. The highest BCUT2D eigenvalue weighted by atomic mass is 32.1. The molecule has 27 heavy (non-hydrogen) atoms. The standard InChI is InChI=1S/C22H33N3OS/c23-20-16-2-1-3-17(20)11-18(10-16)21(26)25(13-15-4-9-27-14-15)19-12-22(19)5-7-24-8-6-22/h4,9,14,16-20,24H,1-3,5-8,10-13,23H2. The summed E-state index contributed by atoms with van der Waals surface area (Å²) in [7, 11) is 0. The van der Waals surface area contributed by atoms with Gasteiger partial charge in [-0.3, -0.25) is 4.79 Å². The predicted octanol–water partition coefficient (Wildman–Crippen LogP) is 3.37. The number of thiophene rings is 1. The topological polar surface area (TPSA) is 58.4 Å². The molecule has 3 aliphatic carbocycles. The highest BCUT2D eigenvalue weighted by Gasteiger charge is 2.58. The first-order valence-corrected chi connectivity index (χ1v) is 11.9. The van der Waals surface area contributed by atoms with Gasteiger partial charge in [-0.05, 0) is 97.7 Å². The molecular weight excluding hydrogens is 354 g/mol. The van der Waals surface area contributed by atoms with Crippen molar-refractivity contribution in [3.8, 4) is 0 Å². The van der Waals surface area contributed by atoms with Crippen LogP contribution in [-0.2, 0) is 11.3 Å². The summed E-state index contributed by atoms with van der Waals surface area (Å²) in [6.07, 6.45) is 9.48. The number of nitrogens with two attached hydrogens (primary N) is 1. The number of carbonyl (C=O) groups is 1. The molecule has 5 heteroatoms. The Morgan fingerprint density at radius 3 is 2.67 bits per heavy atom. The number of carbonyl (C=O) groups excluding carboxylic acids is 1. The van der Waals surface area contributed by atoms with Gasteiger partial charge in [-0.1, -0.05) is 6.42 Å². The quantitative estimate of drug-likeness (QED) is 0.833. The van der Waals surface area contributed by atoms with Crippen LogP contribution < -0.4 is 11.1 Å². The molecule has 3 atom stereocenters. The first-order chi connectivity index (χ1) is 13.2. The van der Waals surface area contributed by atoms with E-state index in [4.69, 9.17) is 5.73 Å². The molecule has 3 unspecified atom stereocenters. The number of nitrogens with zero attached hydrogens (tertiary/aromatic N) is 1. The number of piperidine rings is 1. The number of hydrogen-bond donors (Lipinski definition) is 2. The van der Waals surface area contributed by atoms with Crippen LogP contribution in [0.25, 0.3) is 0 Å². The Labute approximate surface area is 166 Å². The third-order valence-electron chi connectivity index (χ3n) is 8.10. The minimum atomic E-state index is 0.207. The molecule has 4 fully saturated rings. The third-order valence-corrected chi connectivity index (χ3v) is 8.83. The van der Waals surface area contributed by atoms with Crippen LogP contribution in [0.3, 0.4) is 0 Å². The molecule has 5 rings (SSSR count). The van der Waals surface area contributed by atoms with Crippen molar-refractivity contribution in [2.45, 2.75) is 70.0 Å². The molecule has 1 aliphatic heterocycles. The second-order valence-corrected chi connectivity index (χ2v) is 10.4. The second-order valence-electron chi connectivity index (χ2n) is 9.63. The lowest BCUT2D eigenvalue weighted by molar-refractivity contribution is -0.140. The zero-order chi connectivity index (χ0) is 18.4. The average molecular weight is 388 g/mol. The number of rotatable bonds is 4. The molecule has 1 aromatic rings. The maximum atomic E-state index is 13.7. The molecule has 148 valence electrons. The van der Waals surface area contributed by atoms with E-state index in [0.717, 1.165) is 32.5 Å². The fourth-order valence-corrected chi connectivity index (χ4v) is 7.04. The van der Waals surface area contributed by atoms with Crippen molar-refractivity contribution in [1.82, 2.24) is 10.2 Å². The number of hydrogen-bond acceptors (Lipinski definition) is 4. The van der Waals surface area contributed by atoms with E-state index in [-0.39, 0.29) is 5.92 Å². The van der Waals surface area contributed by atoms with E-state index in [9.17, 15) is 4.79 Å². The Morgan fingerprint density at radius 2 is 2.00 bits per heavy atom. The Bertz CT molecular complexity index is 655. The molecule has 0 radical (unpaired) electrons. The van der Waals surface area contributed by atoms with Crippen molar-refractivity contribution in [3.63, 3.8) is 0 Å². The predicted molar refractivity (Wildman–Crippen MR) is 109 cm³/mol. The van der Waals surface area contributed by atoms with E-state index in [0.29, 0.717) is 35.2 Å². The minimum absolute atomic E-state index is 0.207. The molecule has 0 aromatic carbocycles. The monoisotopic (exact) mass is 387 g/mol. The van der Waals surface area contributed by atoms with Gasteiger partial charge in [0.15, 0.2) is 0 Å². The summed E-state index contributed by atoms with van der Waals surface area (Å²) in [4.78, 5) is 16.0. The van der Waals surface area contributed by atoms with E-state index < -0.39 is 0 Å². The van der Waals surface area contributed by atoms with Crippen molar-refractivity contribution in [3.05, 3.63) is 22.4 Å². The lowest BCUT2D eigenvalue weighted by Gasteiger charge is -2.44. The first kappa shape index (κ1) is 18.1. The zero-order valence-electron chi connectivity index (χ0n) is 16.2. The summed E-state index contributed by atoms with van der Waals surface area (Å²) in [5, 5.41) is 7.84. The highest BCUT2D eigenvalue weighted by Crippen LogP contribution is 2.56. The van der Waals surface area contributed by atoms with E-state index in [1.54, 1.807) is 11.3 Å². The largest absolute Gasteiger partial charge is 0.335 e. The summed E-state index contributed by atoms with van der Waals surface area (Å²) in [6.45, 7) is 3.03. The van der Waals surface area contributed by atoms with Gasteiger partial charge in [-0.25, -0.2) is 0 Å². The minimum Gasteiger partial charge on any atom is -0.335 e. The van der Waals surface area contributed by atoms with Crippen LogP contribution in [0.1, 0.15) is 56.9 Å². The Morgan fingerprint density at radius 1 is 1.26 bits per heavy atom. The van der Waals surface area contributed by atoms with Crippen molar-refractivity contribution < 1.29 is 4.79 Å². The van der Waals surface area contributed by atoms with Gasteiger partial charge in [0, 0.05) is 24.5 Å². The van der Waals surface area contributed by atoms with Crippen LogP contribution in [0.5, 0.6) is 0 Å². The number of fused-ring (bicyclic) bond motifs is 2. The molecule has 1 spiro atoms. The van der Waals surface area contributed by atoms with Crippen LogP contribution in [0.15, 0.2) is 16.8 Å². The first-order valence-electron chi connectivity index (χ1n) is 10.9. The molecule has 1 amide bonds. The van der Waals surface area contributed by atoms with Gasteiger partial charge in [0.25, 0.3) is 0 Å². The summed E-state index contributed by atoms with van der Waals surface area (Å²) in [5.74, 6) is 1.78. The van der Waals surface area contributed by atoms with Crippen molar-refractivity contribution >= 4 is 17.2 Å². The molecule has 2 bridgehead atoms. The van der Waals surface area contributed by atoms with E-state index >= 15 is 0 Å². The van der Waals surface area contributed by atoms with Gasteiger partial charge in [0.1, 0.15) is 0 Å². The van der Waals surface area contributed by atoms with Gasteiger partial charge in [0.2, 0.25) is 5.91 Å². The molecule has 1 saturated heterocycles. The van der Waals surface area contributed by atoms with Crippen LogP contribution in [-0.4, -0.2) is 36.0 Å². The smallest absolute Gasteiger partial charge is 0.226 e. The van der Waals surface area contributed by atoms with Gasteiger partial charge in [-0.2, -0.15) is 11.3 Å². The van der Waals surface area contributed by atoms with Crippen LogP contribution >= 0.6 is 11.3 Å². The maximum absolute atomic E-state index is 13.7. The second kappa shape index (κ2) is 7.16. The lowest BCUT2D eigenvalue weighted by Crippen LogP contribution is -2.50. The van der Waals surface area contributed by atoms with E-state index in [1.165, 1.54) is 44.1 Å². The fraction of sp³-hybridized carbons (Fsp3) is 0.773. The van der Waals surface area contributed by atoms with Crippen LogP contribution in [0, 0.1) is 23.2 Å². The molecule has 3 saturated carbocycles. The SMILES string of the molecule is NC1C2CCCC1CC(C(=O)N(Cc1ccsc1)C1CC13CCNCC3)C2. The average Bonchev–Trinajstić information content (AvgIpc) is 3.09. The molecule has 4 nitrogen and oxygen atoms in total. The summed E-state index contributed by atoms with van der Waals surface area (Å²) >= 11 is 1.74. The van der Waals surface area contributed by atoms with Gasteiger partial charge in [-0.15, -0.1) is 0 Å².